The number of hydrogen-bond acceptors (Lipinski definition) is 4. The van der Waals surface area contributed by atoms with Crippen LogP contribution in [0.25, 0.3) is 0 Å². The fourth-order valence-corrected chi connectivity index (χ4v) is 6.25. The Morgan fingerprint density at radius 1 is 0.778 bits per heavy atom. The van der Waals surface area contributed by atoms with E-state index >= 15 is 0 Å². The van der Waals surface area contributed by atoms with E-state index in [-0.39, 0.29) is 0 Å². The van der Waals surface area contributed by atoms with Gasteiger partial charge in [-0.15, -0.1) is 0 Å². The van der Waals surface area contributed by atoms with Crippen LogP contribution in [0.15, 0.2) is 12.1 Å². The van der Waals surface area contributed by atoms with Crippen molar-refractivity contribution in [2.45, 2.75) is 51.5 Å². The maximum absolute atomic E-state index is 12.9. The minimum absolute atomic E-state index is 0.385. The van der Waals surface area contributed by atoms with Crippen molar-refractivity contribution < 1.29 is 13.5 Å². The highest BCUT2D eigenvalue weighted by Gasteiger charge is 2.32. The number of rotatable bonds is 4. The van der Waals surface area contributed by atoms with Crippen molar-refractivity contribution >= 4 is 10.2 Å². The minimum Gasteiger partial charge on any atom is -0.508 e. The van der Waals surface area contributed by atoms with Crippen molar-refractivity contribution in [2.75, 3.05) is 39.3 Å². The van der Waals surface area contributed by atoms with Crippen molar-refractivity contribution in [3.63, 3.8) is 0 Å². The molecular weight excluding hydrogens is 362 g/mol. The summed E-state index contributed by atoms with van der Waals surface area (Å²) in [6, 6.07) is 4.08. The van der Waals surface area contributed by atoms with E-state index in [4.69, 9.17) is 0 Å². The first-order chi connectivity index (χ1) is 13.0. The number of phenolic OH excluding ortho intramolecular Hbond substituents is 1. The predicted molar refractivity (Wildman–Crippen MR) is 106 cm³/mol. The Bertz CT molecular complexity index is 765. The molecule has 1 aromatic rings. The lowest BCUT2D eigenvalue weighted by atomic mass is 10.0. The lowest BCUT2D eigenvalue weighted by molar-refractivity contribution is 0.173. The van der Waals surface area contributed by atoms with Crippen LogP contribution in [0.5, 0.6) is 5.75 Å². The third-order valence-corrected chi connectivity index (χ3v) is 8.27. The molecule has 27 heavy (non-hydrogen) atoms. The monoisotopic (exact) mass is 393 g/mol. The SMILES string of the molecule is O=S(=O)(N1CCCCCC1)N1CCN(Cc2cc3c(cc2O)CCC3)CC1. The first-order valence-electron chi connectivity index (χ1n) is 10.4. The Labute approximate surface area is 162 Å². The molecule has 2 saturated heterocycles. The second-order valence-corrected chi connectivity index (χ2v) is 10.0. The molecule has 1 N–H and O–H groups in total. The molecule has 0 radical (unpaired) electrons. The molecule has 0 atom stereocenters. The number of aryl methyl sites for hydroxylation is 2. The molecule has 1 aliphatic carbocycles. The molecule has 7 heteroatoms. The van der Waals surface area contributed by atoms with Crippen LogP contribution < -0.4 is 0 Å². The van der Waals surface area contributed by atoms with E-state index in [9.17, 15) is 13.5 Å². The topological polar surface area (TPSA) is 64.1 Å². The Balaban J connectivity index is 1.36. The van der Waals surface area contributed by atoms with Gasteiger partial charge in [-0.25, -0.2) is 0 Å². The van der Waals surface area contributed by atoms with E-state index in [2.05, 4.69) is 11.0 Å². The van der Waals surface area contributed by atoms with Gasteiger partial charge in [-0.3, -0.25) is 4.90 Å². The minimum atomic E-state index is -3.33. The van der Waals surface area contributed by atoms with Gasteiger partial charge in [0.1, 0.15) is 5.75 Å². The first-order valence-corrected chi connectivity index (χ1v) is 11.7. The molecule has 0 unspecified atom stereocenters. The molecule has 2 aliphatic heterocycles. The van der Waals surface area contributed by atoms with Crippen molar-refractivity contribution in [1.29, 1.82) is 0 Å². The lowest BCUT2D eigenvalue weighted by Crippen LogP contribution is -2.52. The molecule has 1 aromatic carbocycles. The van der Waals surface area contributed by atoms with Crippen LogP contribution in [0.2, 0.25) is 0 Å². The zero-order chi connectivity index (χ0) is 18.9. The molecule has 0 spiro atoms. The van der Waals surface area contributed by atoms with Gasteiger partial charge in [0.15, 0.2) is 0 Å². The third kappa shape index (κ3) is 4.16. The summed E-state index contributed by atoms with van der Waals surface area (Å²) in [5.74, 6) is 0.385. The molecule has 0 aromatic heterocycles. The van der Waals surface area contributed by atoms with E-state index in [0.29, 0.717) is 51.6 Å². The average molecular weight is 394 g/mol. The maximum atomic E-state index is 12.9. The third-order valence-electron chi connectivity index (χ3n) is 6.24. The largest absolute Gasteiger partial charge is 0.508 e. The van der Waals surface area contributed by atoms with Crippen LogP contribution in [0, 0.1) is 0 Å². The zero-order valence-corrected chi connectivity index (χ0v) is 16.9. The molecule has 0 saturated carbocycles. The maximum Gasteiger partial charge on any atom is 0.282 e. The number of hydrogen-bond donors (Lipinski definition) is 1. The normalized spacial score (nSPS) is 23.3. The smallest absolute Gasteiger partial charge is 0.282 e. The first kappa shape index (κ1) is 19.2. The fraction of sp³-hybridized carbons (Fsp3) is 0.700. The van der Waals surface area contributed by atoms with Crippen LogP contribution in [-0.2, 0) is 29.6 Å². The summed E-state index contributed by atoms with van der Waals surface area (Å²) in [6.07, 6.45) is 7.54. The quantitative estimate of drug-likeness (QED) is 0.851. The number of benzene rings is 1. The van der Waals surface area contributed by atoms with E-state index in [1.807, 2.05) is 6.07 Å². The highest BCUT2D eigenvalue weighted by molar-refractivity contribution is 7.86. The second-order valence-electron chi connectivity index (χ2n) is 8.10. The Morgan fingerprint density at radius 2 is 1.37 bits per heavy atom. The van der Waals surface area contributed by atoms with Crippen LogP contribution in [0.1, 0.15) is 48.8 Å². The molecule has 6 nitrogen and oxygen atoms in total. The summed E-state index contributed by atoms with van der Waals surface area (Å²) in [5, 5.41) is 10.3. The van der Waals surface area contributed by atoms with Gasteiger partial charge in [-0.1, -0.05) is 18.9 Å². The van der Waals surface area contributed by atoms with Crippen molar-refractivity contribution in [3.05, 3.63) is 28.8 Å². The van der Waals surface area contributed by atoms with Crippen molar-refractivity contribution in [1.82, 2.24) is 13.5 Å². The predicted octanol–water partition coefficient (Wildman–Crippen LogP) is 2.12. The van der Waals surface area contributed by atoms with E-state index in [1.165, 1.54) is 17.5 Å². The molecular formula is C20H31N3O3S. The van der Waals surface area contributed by atoms with Gasteiger partial charge in [-0.05, 0) is 49.3 Å². The van der Waals surface area contributed by atoms with Gasteiger partial charge in [0, 0.05) is 51.4 Å². The highest BCUT2D eigenvalue weighted by atomic mass is 32.2. The summed E-state index contributed by atoms with van der Waals surface area (Å²) in [6.45, 7) is 4.50. The number of aromatic hydroxyl groups is 1. The molecule has 2 fully saturated rings. The van der Waals surface area contributed by atoms with Gasteiger partial charge in [0.25, 0.3) is 10.2 Å². The summed E-state index contributed by atoms with van der Waals surface area (Å²) in [7, 11) is -3.33. The number of phenols is 1. The molecule has 0 bridgehead atoms. The molecule has 0 amide bonds. The van der Waals surface area contributed by atoms with Crippen molar-refractivity contribution in [2.24, 2.45) is 0 Å². The molecule has 150 valence electrons. The van der Waals surface area contributed by atoms with E-state index < -0.39 is 10.2 Å². The van der Waals surface area contributed by atoms with Crippen LogP contribution >= 0.6 is 0 Å². The van der Waals surface area contributed by atoms with Gasteiger partial charge < -0.3 is 5.11 Å². The summed E-state index contributed by atoms with van der Waals surface area (Å²) < 4.78 is 29.2. The Kier molecular flexibility index (Phi) is 5.73. The van der Waals surface area contributed by atoms with Crippen LogP contribution in [-0.4, -0.2) is 66.3 Å². The Hall–Kier alpha value is -1.15. The lowest BCUT2D eigenvalue weighted by Gasteiger charge is -2.36. The zero-order valence-electron chi connectivity index (χ0n) is 16.1. The van der Waals surface area contributed by atoms with Crippen LogP contribution in [0.3, 0.4) is 0 Å². The van der Waals surface area contributed by atoms with Crippen LogP contribution in [0.4, 0.5) is 0 Å². The molecule has 2 heterocycles. The van der Waals surface area contributed by atoms with Gasteiger partial charge >= 0.3 is 0 Å². The number of piperazine rings is 1. The standard InChI is InChI=1S/C20H31N3O3S/c24-20-15-18-7-5-6-17(18)14-19(20)16-21-10-12-23(13-11-21)27(25,26)22-8-3-1-2-4-9-22/h14-15,24H,1-13,16H2. The van der Waals surface area contributed by atoms with Gasteiger partial charge in [-0.2, -0.15) is 17.0 Å². The van der Waals surface area contributed by atoms with Crippen molar-refractivity contribution in [3.8, 4) is 5.75 Å². The number of fused-ring (bicyclic) bond motifs is 1. The number of nitrogens with zero attached hydrogens (tertiary/aromatic N) is 3. The Morgan fingerprint density at radius 3 is 2.04 bits per heavy atom. The summed E-state index contributed by atoms with van der Waals surface area (Å²) >= 11 is 0. The summed E-state index contributed by atoms with van der Waals surface area (Å²) in [5.41, 5.74) is 3.62. The highest BCUT2D eigenvalue weighted by Crippen LogP contribution is 2.30. The van der Waals surface area contributed by atoms with Gasteiger partial charge in [0.2, 0.25) is 0 Å². The van der Waals surface area contributed by atoms with E-state index in [0.717, 1.165) is 44.1 Å². The molecule has 3 aliphatic rings. The average Bonchev–Trinajstić information content (AvgIpc) is 2.92. The molecule has 4 rings (SSSR count). The summed E-state index contributed by atoms with van der Waals surface area (Å²) in [4.78, 5) is 2.25. The van der Waals surface area contributed by atoms with E-state index in [1.54, 1.807) is 8.61 Å². The van der Waals surface area contributed by atoms with Gasteiger partial charge in [0.05, 0.1) is 0 Å². The fourth-order valence-electron chi connectivity index (χ4n) is 4.58. The second kappa shape index (κ2) is 8.07.